The number of imidazole rings is 1. The summed E-state index contributed by atoms with van der Waals surface area (Å²) in [6.45, 7) is 3.81. The van der Waals surface area contributed by atoms with Crippen LogP contribution in [0.3, 0.4) is 0 Å². The molecule has 0 bridgehead atoms. The van der Waals surface area contributed by atoms with Crippen LogP contribution in [0.2, 0.25) is 0 Å². The third-order valence-corrected chi connectivity index (χ3v) is 4.06. The summed E-state index contributed by atoms with van der Waals surface area (Å²) in [4.78, 5) is 20.5. The van der Waals surface area contributed by atoms with Gasteiger partial charge in [0.1, 0.15) is 17.8 Å². The number of carbonyl (C=O) groups is 1. The van der Waals surface area contributed by atoms with E-state index in [0.717, 1.165) is 12.1 Å². The van der Waals surface area contributed by atoms with E-state index in [2.05, 4.69) is 15.3 Å². The predicted octanol–water partition coefficient (Wildman–Crippen LogP) is 3.65. The number of methoxy groups -OCH3 is 1. The molecule has 3 rings (SSSR count). The Kier molecular flexibility index (Phi) is 5.26. The lowest BCUT2D eigenvalue weighted by molar-refractivity contribution is -0.137. The lowest BCUT2D eigenvalue weighted by atomic mass is 10.0. The van der Waals surface area contributed by atoms with Crippen molar-refractivity contribution < 1.29 is 22.7 Å². The van der Waals surface area contributed by atoms with Crippen molar-refractivity contribution in [2.24, 2.45) is 0 Å². The van der Waals surface area contributed by atoms with E-state index >= 15 is 0 Å². The standard InChI is InChI=1S/C19H19F3N4O2/c1-11(2)25-17(27)9-26-10-24-15-6-12(8-23-18(15)26)14-5-4-13(19(20,21)22)7-16(14)28-3/h4-8,10-11H,9H2,1-3H3,(H,25,27). The third-order valence-electron chi connectivity index (χ3n) is 4.06. The highest BCUT2D eigenvalue weighted by Gasteiger charge is 2.31. The van der Waals surface area contributed by atoms with Gasteiger partial charge in [0.2, 0.25) is 5.91 Å². The van der Waals surface area contributed by atoms with Crippen molar-refractivity contribution in [3.05, 3.63) is 42.4 Å². The molecule has 2 aromatic heterocycles. The van der Waals surface area contributed by atoms with Gasteiger partial charge in [0.25, 0.3) is 0 Å². The van der Waals surface area contributed by atoms with Crippen LogP contribution in [0.4, 0.5) is 13.2 Å². The molecule has 0 radical (unpaired) electrons. The Labute approximate surface area is 159 Å². The number of carbonyl (C=O) groups excluding carboxylic acids is 1. The first kappa shape index (κ1) is 19.7. The molecular formula is C19H19F3N4O2. The Morgan fingerprint density at radius 3 is 2.64 bits per heavy atom. The highest BCUT2D eigenvalue weighted by Crippen LogP contribution is 2.37. The fourth-order valence-electron chi connectivity index (χ4n) is 2.84. The maximum atomic E-state index is 12.9. The minimum Gasteiger partial charge on any atom is -0.496 e. The van der Waals surface area contributed by atoms with Crippen molar-refractivity contribution in [2.75, 3.05) is 7.11 Å². The number of benzene rings is 1. The second kappa shape index (κ2) is 7.49. The fourth-order valence-corrected chi connectivity index (χ4v) is 2.84. The first-order valence-electron chi connectivity index (χ1n) is 8.55. The number of hydrogen-bond acceptors (Lipinski definition) is 4. The Morgan fingerprint density at radius 2 is 2.00 bits per heavy atom. The first-order valence-corrected chi connectivity index (χ1v) is 8.55. The third kappa shape index (κ3) is 4.08. The molecule has 0 spiro atoms. The summed E-state index contributed by atoms with van der Waals surface area (Å²) in [6, 6.07) is 5.02. The Balaban J connectivity index is 1.94. The highest BCUT2D eigenvalue weighted by molar-refractivity contribution is 5.82. The van der Waals surface area contributed by atoms with Crippen LogP contribution in [-0.2, 0) is 17.5 Å². The van der Waals surface area contributed by atoms with Crippen molar-refractivity contribution in [3.8, 4) is 16.9 Å². The number of halogens is 3. The second-order valence-corrected chi connectivity index (χ2v) is 6.57. The largest absolute Gasteiger partial charge is 0.496 e. The molecule has 1 aromatic carbocycles. The number of nitrogens with zero attached hydrogens (tertiary/aromatic N) is 3. The molecule has 9 heteroatoms. The van der Waals surface area contributed by atoms with Crippen LogP contribution < -0.4 is 10.1 Å². The second-order valence-electron chi connectivity index (χ2n) is 6.57. The van der Waals surface area contributed by atoms with E-state index in [4.69, 9.17) is 4.74 Å². The average molecular weight is 392 g/mol. The van der Waals surface area contributed by atoms with E-state index in [1.807, 2.05) is 13.8 Å². The Bertz CT molecular complexity index is 1010. The van der Waals surface area contributed by atoms with Crippen LogP contribution in [0.5, 0.6) is 5.75 Å². The molecule has 148 valence electrons. The summed E-state index contributed by atoms with van der Waals surface area (Å²) in [7, 11) is 1.31. The van der Waals surface area contributed by atoms with Crippen LogP contribution in [0, 0.1) is 0 Å². The van der Waals surface area contributed by atoms with Crippen LogP contribution in [0.1, 0.15) is 19.4 Å². The van der Waals surface area contributed by atoms with Crippen LogP contribution >= 0.6 is 0 Å². The number of hydrogen-bond donors (Lipinski definition) is 1. The summed E-state index contributed by atoms with van der Waals surface area (Å²) in [5, 5.41) is 2.79. The molecule has 6 nitrogen and oxygen atoms in total. The predicted molar refractivity (Wildman–Crippen MR) is 97.8 cm³/mol. The Morgan fingerprint density at radius 1 is 1.25 bits per heavy atom. The normalized spacial score (nSPS) is 11.8. The smallest absolute Gasteiger partial charge is 0.416 e. The first-order chi connectivity index (χ1) is 13.2. The molecule has 0 saturated carbocycles. The quantitative estimate of drug-likeness (QED) is 0.720. The molecule has 0 aliphatic carbocycles. The SMILES string of the molecule is COc1cc(C(F)(F)F)ccc1-c1cnc2c(c1)ncn2CC(=O)NC(C)C. The molecule has 1 amide bonds. The summed E-state index contributed by atoms with van der Waals surface area (Å²) in [6.07, 6.45) is -1.43. The van der Waals surface area contributed by atoms with Gasteiger partial charge in [0.05, 0.1) is 19.0 Å². The van der Waals surface area contributed by atoms with Crippen molar-refractivity contribution >= 4 is 17.1 Å². The van der Waals surface area contributed by atoms with Crippen molar-refractivity contribution in [1.29, 1.82) is 0 Å². The van der Waals surface area contributed by atoms with Gasteiger partial charge in [0, 0.05) is 23.4 Å². The average Bonchev–Trinajstić information content (AvgIpc) is 3.01. The minimum atomic E-state index is -4.46. The molecule has 2 heterocycles. The zero-order chi connectivity index (χ0) is 20.5. The van der Waals surface area contributed by atoms with E-state index in [-0.39, 0.29) is 24.2 Å². The van der Waals surface area contributed by atoms with E-state index in [1.165, 1.54) is 25.7 Å². The molecule has 3 aromatic rings. The highest BCUT2D eigenvalue weighted by atomic mass is 19.4. The summed E-state index contributed by atoms with van der Waals surface area (Å²) < 4.78 is 45.5. The van der Waals surface area contributed by atoms with Gasteiger partial charge in [-0.15, -0.1) is 0 Å². The summed E-state index contributed by atoms with van der Waals surface area (Å²) >= 11 is 0. The Hall–Kier alpha value is -3.10. The number of nitrogens with one attached hydrogen (secondary N) is 1. The molecular weight excluding hydrogens is 373 g/mol. The molecule has 0 aliphatic heterocycles. The van der Waals surface area contributed by atoms with E-state index in [9.17, 15) is 18.0 Å². The molecule has 1 N–H and O–H groups in total. The van der Waals surface area contributed by atoms with Crippen LogP contribution in [0.15, 0.2) is 36.8 Å². The fraction of sp³-hybridized carbons (Fsp3) is 0.316. The topological polar surface area (TPSA) is 69.0 Å². The summed E-state index contributed by atoms with van der Waals surface area (Å²) in [5.41, 5.74) is 1.28. The van der Waals surface area contributed by atoms with Gasteiger partial charge < -0.3 is 14.6 Å². The monoisotopic (exact) mass is 392 g/mol. The van der Waals surface area contributed by atoms with Gasteiger partial charge >= 0.3 is 6.18 Å². The van der Waals surface area contributed by atoms with E-state index < -0.39 is 11.7 Å². The van der Waals surface area contributed by atoms with Gasteiger partial charge in [-0.2, -0.15) is 13.2 Å². The number of ether oxygens (including phenoxy) is 1. The van der Waals surface area contributed by atoms with E-state index in [1.54, 1.807) is 10.6 Å². The van der Waals surface area contributed by atoms with Crippen molar-refractivity contribution in [3.63, 3.8) is 0 Å². The minimum absolute atomic E-state index is 0.0222. The van der Waals surface area contributed by atoms with Gasteiger partial charge in [0.15, 0.2) is 5.65 Å². The molecule has 0 aliphatic rings. The van der Waals surface area contributed by atoms with E-state index in [0.29, 0.717) is 22.3 Å². The number of rotatable bonds is 5. The lowest BCUT2D eigenvalue weighted by Gasteiger charge is -2.13. The molecule has 28 heavy (non-hydrogen) atoms. The molecule has 0 atom stereocenters. The van der Waals surface area contributed by atoms with Crippen LogP contribution in [0.25, 0.3) is 22.3 Å². The van der Waals surface area contributed by atoms with Gasteiger partial charge in [-0.3, -0.25) is 4.79 Å². The number of aromatic nitrogens is 3. The molecule has 0 saturated heterocycles. The zero-order valence-corrected chi connectivity index (χ0v) is 15.5. The van der Waals surface area contributed by atoms with Gasteiger partial charge in [-0.25, -0.2) is 9.97 Å². The van der Waals surface area contributed by atoms with Gasteiger partial charge in [-0.05, 0) is 38.1 Å². The maximum absolute atomic E-state index is 12.9. The van der Waals surface area contributed by atoms with Crippen LogP contribution in [-0.4, -0.2) is 33.6 Å². The molecule has 0 unspecified atom stereocenters. The van der Waals surface area contributed by atoms with Gasteiger partial charge in [-0.1, -0.05) is 0 Å². The number of pyridine rings is 1. The molecule has 0 fully saturated rings. The number of fused-ring (bicyclic) bond motifs is 1. The van der Waals surface area contributed by atoms with Crippen molar-refractivity contribution in [2.45, 2.75) is 32.6 Å². The zero-order valence-electron chi connectivity index (χ0n) is 15.5. The van der Waals surface area contributed by atoms with Crippen molar-refractivity contribution in [1.82, 2.24) is 19.9 Å². The lowest BCUT2D eigenvalue weighted by Crippen LogP contribution is -2.32. The number of amides is 1. The summed E-state index contributed by atoms with van der Waals surface area (Å²) in [5.74, 6) is -0.0729. The maximum Gasteiger partial charge on any atom is 0.416 e. The number of alkyl halides is 3.